The van der Waals surface area contributed by atoms with Crippen LogP contribution in [0.2, 0.25) is 10.0 Å². The van der Waals surface area contributed by atoms with Crippen molar-refractivity contribution in [3.8, 4) is 22.5 Å². The Kier molecular flexibility index (Phi) is 3.92. The van der Waals surface area contributed by atoms with Crippen LogP contribution in [-0.2, 0) is 0 Å². The molecule has 5 nitrogen and oxygen atoms in total. The molecule has 0 bridgehead atoms. The second-order valence-electron chi connectivity index (χ2n) is 5.36. The van der Waals surface area contributed by atoms with Crippen LogP contribution in [0.25, 0.3) is 10.6 Å². The Bertz CT molecular complexity index is 1030. The van der Waals surface area contributed by atoms with E-state index in [1.165, 1.54) is 0 Å². The van der Waals surface area contributed by atoms with E-state index in [4.69, 9.17) is 33.7 Å². The summed E-state index contributed by atoms with van der Waals surface area (Å²) in [5.41, 5.74) is 8.40. The number of H-pyrrole nitrogens is 1. The third kappa shape index (κ3) is 2.48. The lowest BCUT2D eigenvalue weighted by Gasteiger charge is -2.24. The van der Waals surface area contributed by atoms with Crippen LogP contribution < -0.4 is 10.5 Å². The summed E-state index contributed by atoms with van der Waals surface area (Å²) < 4.78 is 5.56. The quantitative estimate of drug-likeness (QED) is 0.667. The number of hydrogen-bond acceptors (Lipinski definition) is 5. The average Bonchev–Trinajstić information content (AvgIpc) is 3.25. The van der Waals surface area contributed by atoms with Gasteiger partial charge in [-0.05, 0) is 23.1 Å². The molecule has 1 aromatic carbocycles. The molecule has 0 aliphatic carbocycles. The SMILES string of the molecule is N#CC1=C(N)Oc2n[nH]c(-c3cccs3)c2[C@@H]1c1cccc(Cl)c1Cl. The van der Waals surface area contributed by atoms with Crippen molar-refractivity contribution in [2.45, 2.75) is 5.92 Å². The molecular weight excluding hydrogens is 379 g/mol. The van der Waals surface area contributed by atoms with Gasteiger partial charge in [0.2, 0.25) is 11.8 Å². The molecule has 0 fully saturated rings. The van der Waals surface area contributed by atoms with E-state index >= 15 is 0 Å². The Balaban J connectivity index is 2.01. The molecule has 3 N–H and O–H groups in total. The van der Waals surface area contributed by atoms with Crippen LogP contribution in [0.1, 0.15) is 17.0 Å². The Morgan fingerprint density at radius 3 is 2.84 bits per heavy atom. The van der Waals surface area contributed by atoms with Crippen LogP contribution in [-0.4, -0.2) is 10.2 Å². The minimum atomic E-state index is -0.518. The van der Waals surface area contributed by atoms with Crippen molar-refractivity contribution >= 4 is 34.5 Å². The summed E-state index contributed by atoms with van der Waals surface area (Å²) in [4.78, 5) is 0.971. The number of halogens is 2. The highest BCUT2D eigenvalue weighted by molar-refractivity contribution is 7.13. The minimum absolute atomic E-state index is 0.0141. The van der Waals surface area contributed by atoms with Crippen LogP contribution in [0, 0.1) is 11.3 Å². The van der Waals surface area contributed by atoms with Crippen molar-refractivity contribution in [1.82, 2.24) is 10.2 Å². The monoisotopic (exact) mass is 388 g/mol. The van der Waals surface area contributed by atoms with Crippen LogP contribution in [0.15, 0.2) is 47.2 Å². The fraction of sp³-hybridized carbons (Fsp3) is 0.0588. The number of thiophene rings is 1. The number of hydrogen-bond donors (Lipinski definition) is 2. The Hall–Kier alpha value is -2.46. The van der Waals surface area contributed by atoms with Gasteiger partial charge in [0.25, 0.3) is 0 Å². The average molecular weight is 389 g/mol. The summed E-state index contributed by atoms with van der Waals surface area (Å²) in [5.74, 6) is -0.169. The largest absolute Gasteiger partial charge is 0.420 e. The molecule has 1 aliphatic rings. The van der Waals surface area contributed by atoms with Gasteiger partial charge in [-0.25, -0.2) is 0 Å². The molecule has 4 rings (SSSR count). The van der Waals surface area contributed by atoms with E-state index in [1.807, 2.05) is 23.6 Å². The lowest BCUT2D eigenvalue weighted by molar-refractivity contribution is 0.379. The lowest BCUT2D eigenvalue weighted by Crippen LogP contribution is -2.21. The fourth-order valence-corrected chi connectivity index (χ4v) is 4.06. The van der Waals surface area contributed by atoms with Crippen LogP contribution >= 0.6 is 34.5 Å². The number of rotatable bonds is 2. The Labute approximate surface area is 157 Å². The molecule has 0 amide bonds. The number of allylic oxidation sites excluding steroid dienone is 1. The maximum Gasteiger partial charge on any atom is 0.244 e. The molecule has 8 heteroatoms. The topological polar surface area (TPSA) is 87.7 Å². The van der Waals surface area contributed by atoms with Gasteiger partial charge in [0, 0.05) is 0 Å². The highest BCUT2D eigenvalue weighted by Gasteiger charge is 2.37. The van der Waals surface area contributed by atoms with Gasteiger partial charge in [0.1, 0.15) is 11.6 Å². The number of ether oxygens (including phenoxy) is 1. The van der Waals surface area contributed by atoms with E-state index in [9.17, 15) is 5.26 Å². The zero-order valence-corrected chi connectivity index (χ0v) is 14.9. The van der Waals surface area contributed by atoms with Crippen molar-refractivity contribution in [2.75, 3.05) is 0 Å². The highest BCUT2D eigenvalue weighted by Crippen LogP contribution is 2.48. The number of nitrogens with one attached hydrogen (secondary N) is 1. The predicted octanol–water partition coefficient (Wildman–Crippen LogP) is 4.66. The van der Waals surface area contributed by atoms with E-state index in [0.29, 0.717) is 21.5 Å². The van der Waals surface area contributed by atoms with Crippen molar-refractivity contribution in [1.29, 1.82) is 5.26 Å². The van der Waals surface area contributed by atoms with Gasteiger partial charge in [-0.15, -0.1) is 16.4 Å². The number of nitrogens with zero attached hydrogens (tertiary/aromatic N) is 2. The number of aromatic amines is 1. The predicted molar refractivity (Wildman–Crippen MR) is 97.7 cm³/mol. The standard InChI is InChI=1S/C17H10Cl2N4OS/c18-10-4-1-3-8(14(10)19)12-9(7-20)16(21)24-17-13(12)15(22-23-17)11-5-2-6-25-11/h1-6,12H,21H2,(H,22,23)/t12-/m1/s1. The second kappa shape index (κ2) is 6.12. The first-order valence-electron chi connectivity index (χ1n) is 7.25. The van der Waals surface area contributed by atoms with Crippen molar-refractivity contribution in [3.05, 3.63) is 68.3 Å². The summed E-state index contributed by atoms with van der Waals surface area (Å²) in [6, 6.07) is 11.3. The van der Waals surface area contributed by atoms with Gasteiger partial charge >= 0.3 is 0 Å². The smallest absolute Gasteiger partial charge is 0.244 e. The zero-order valence-electron chi connectivity index (χ0n) is 12.6. The molecule has 3 aromatic rings. The van der Waals surface area contributed by atoms with E-state index in [1.54, 1.807) is 23.5 Å². The van der Waals surface area contributed by atoms with E-state index in [2.05, 4.69) is 16.3 Å². The van der Waals surface area contributed by atoms with Crippen LogP contribution in [0.4, 0.5) is 0 Å². The summed E-state index contributed by atoms with van der Waals surface area (Å²) in [6.07, 6.45) is 0. The van der Waals surface area contributed by atoms with Crippen LogP contribution in [0.3, 0.4) is 0 Å². The van der Waals surface area contributed by atoms with E-state index < -0.39 is 5.92 Å². The molecule has 3 heterocycles. The molecule has 2 aromatic heterocycles. The number of aromatic nitrogens is 2. The zero-order chi connectivity index (χ0) is 17.6. The Morgan fingerprint density at radius 1 is 1.28 bits per heavy atom. The maximum absolute atomic E-state index is 9.67. The number of nitriles is 1. The van der Waals surface area contributed by atoms with Gasteiger partial charge in [0.15, 0.2) is 0 Å². The van der Waals surface area contributed by atoms with Crippen molar-refractivity contribution in [3.63, 3.8) is 0 Å². The molecule has 0 saturated heterocycles. The number of benzene rings is 1. The summed E-state index contributed by atoms with van der Waals surface area (Å²) in [6.45, 7) is 0. The van der Waals surface area contributed by atoms with Crippen molar-refractivity contribution < 1.29 is 4.74 Å². The first-order chi connectivity index (χ1) is 12.1. The normalized spacial score (nSPS) is 16.3. The molecule has 0 unspecified atom stereocenters. The summed E-state index contributed by atoms with van der Waals surface area (Å²) >= 11 is 14.2. The van der Waals surface area contributed by atoms with Gasteiger partial charge < -0.3 is 10.5 Å². The molecule has 124 valence electrons. The molecule has 1 aliphatic heterocycles. The lowest BCUT2D eigenvalue weighted by atomic mass is 9.84. The fourth-order valence-electron chi connectivity index (χ4n) is 2.91. The number of fused-ring (bicyclic) bond motifs is 1. The first kappa shape index (κ1) is 16.0. The maximum atomic E-state index is 9.67. The Morgan fingerprint density at radius 2 is 2.12 bits per heavy atom. The molecule has 0 saturated carbocycles. The van der Waals surface area contributed by atoms with Gasteiger partial charge in [-0.3, -0.25) is 5.10 Å². The third-order valence-electron chi connectivity index (χ3n) is 4.00. The van der Waals surface area contributed by atoms with Crippen LogP contribution in [0.5, 0.6) is 5.88 Å². The minimum Gasteiger partial charge on any atom is -0.420 e. The highest BCUT2D eigenvalue weighted by atomic mass is 35.5. The van der Waals surface area contributed by atoms with Gasteiger partial charge in [-0.2, -0.15) is 5.26 Å². The molecule has 0 spiro atoms. The summed E-state index contributed by atoms with van der Waals surface area (Å²) in [5, 5.41) is 19.6. The second-order valence-corrected chi connectivity index (χ2v) is 7.10. The van der Waals surface area contributed by atoms with E-state index in [-0.39, 0.29) is 11.5 Å². The van der Waals surface area contributed by atoms with Gasteiger partial charge in [0.05, 0.1) is 32.1 Å². The third-order valence-corrected chi connectivity index (χ3v) is 5.72. The first-order valence-corrected chi connectivity index (χ1v) is 8.89. The van der Waals surface area contributed by atoms with E-state index in [0.717, 1.165) is 16.1 Å². The summed E-state index contributed by atoms with van der Waals surface area (Å²) in [7, 11) is 0. The molecular formula is C17H10Cl2N4OS. The molecule has 0 radical (unpaired) electrons. The van der Waals surface area contributed by atoms with Crippen molar-refractivity contribution in [2.24, 2.45) is 5.73 Å². The molecule has 1 atom stereocenters. The molecule has 25 heavy (non-hydrogen) atoms. The van der Waals surface area contributed by atoms with Gasteiger partial charge in [-0.1, -0.05) is 41.4 Å². The number of nitrogens with two attached hydrogens (primary N) is 1.